The topological polar surface area (TPSA) is 16.3 Å². The third-order valence-electron chi connectivity index (χ3n) is 13.6. The molecular formula is C62H48N4Si. The minimum atomic E-state index is -2.12. The Balaban J connectivity index is 0.889. The lowest BCUT2D eigenvalue weighted by atomic mass is 10.1. The van der Waals surface area contributed by atoms with E-state index in [1.54, 1.807) is 0 Å². The Bertz CT molecular complexity index is 3450. The average Bonchev–Trinajstić information content (AvgIpc) is 3.90. The zero-order chi connectivity index (χ0) is 44.9. The minimum absolute atomic E-state index is 1.12. The average molecular weight is 877 g/mol. The normalized spacial score (nSPS) is 11.7. The van der Waals surface area contributed by atoms with Gasteiger partial charge >= 0.3 is 0 Å². The van der Waals surface area contributed by atoms with Crippen molar-refractivity contribution < 1.29 is 0 Å². The van der Waals surface area contributed by atoms with Crippen LogP contribution in [0.25, 0.3) is 55.0 Å². The molecule has 0 aliphatic carbocycles. The molecule has 0 spiro atoms. The third kappa shape index (κ3) is 7.00. The van der Waals surface area contributed by atoms with Crippen LogP contribution in [0.3, 0.4) is 0 Å². The van der Waals surface area contributed by atoms with Gasteiger partial charge in [-0.15, -0.1) is 0 Å². The van der Waals surface area contributed by atoms with Gasteiger partial charge in [-0.05, 0) is 121 Å². The first-order chi connectivity index (χ1) is 33.0. The van der Waals surface area contributed by atoms with E-state index in [9.17, 15) is 0 Å². The van der Waals surface area contributed by atoms with Gasteiger partial charge in [0.2, 0.25) is 0 Å². The molecule has 0 unspecified atom stereocenters. The molecule has 67 heavy (non-hydrogen) atoms. The number of anilines is 6. The standard InChI is InChI=1S/C62H48N4Si/c1-67(2,53-37-31-49(32-38-53)63(45-19-7-3-8-20-45)51-35-41-61-57(43-51)55-27-15-17-29-59(55)65(61)47-23-11-5-12-24-47)54-39-33-50(34-40-54)64(46-21-9-4-10-22-46)52-36-42-62-58(44-52)56-28-16-18-30-60(56)66(62)48-25-13-6-14-26-48/h3-44H,1-2H3. The van der Waals surface area contributed by atoms with Crippen LogP contribution in [0.2, 0.25) is 13.1 Å². The zero-order valence-electron chi connectivity index (χ0n) is 37.5. The minimum Gasteiger partial charge on any atom is -0.310 e. The van der Waals surface area contributed by atoms with Crippen molar-refractivity contribution in [2.24, 2.45) is 0 Å². The summed E-state index contributed by atoms with van der Waals surface area (Å²) in [4.78, 5) is 4.77. The molecule has 0 N–H and O–H groups in total. The second kappa shape index (κ2) is 16.6. The molecule has 2 aromatic heterocycles. The Morgan fingerprint density at radius 3 is 0.955 bits per heavy atom. The summed E-state index contributed by atoms with van der Waals surface area (Å²) < 4.78 is 4.75. The van der Waals surface area contributed by atoms with E-state index in [0.29, 0.717) is 0 Å². The van der Waals surface area contributed by atoms with Gasteiger partial charge in [0.25, 0.3) is 0 Å². The Morgan fingerprint density at radius 2 is 0.567 bits per heavy atom. The van der Waals surface area contributed by atoms with Crippen molar-refractivity contribution in [1.82, 2.24) is 9.13 Å². The van der Waals surface area contributed by atoms with E-state index in [2.05, 4.69) is 287 Å². The van der Waals surface area contributed by atoms with Crippen molar-refractivity contribution in [3.05, 3.63) is 255 Å². The number of benzene rings is 10. The summed E-state index contributed by atoms with van der Waals surface area (Å²) in [6.07, 6.45) is 0. The SMILES string of the molecule is C[Si](C)(c1ccc(N(c2ccccc2)c2ccc3c(c2)c2ccccc2n3-c2ccccc2)cc1)c1ccc(N(c2ccccc2)c2ccc3c(c2)c2ccccc2n3-c2ccccc2)cc1. The molecular weight excluding hydrogens is 829 g/mol. The highest BCUT2D eigenvalue weighted by Gasteiger charge is 2.27. The second-order valence-corrected chi connectivity index (χ2v) is 22.2. The lowest BCUT2D eigenvalue weighted by molar-refractivity contribution is 1.18. The van der Waals surface area contributed by atoms with Crippen LogP contribution < -0.4 is 20.2 Å². The van der Waals surface area contributed by atoms with E-state index in [1.165, 1.54) is 54.0 Å². The van der Waals surface area contributed by atoms with Crippen molar-refractivity contribution >= 4 is 96.2 Å². The van der Waals surface area contributed by atoms with Gasteiger partial charge in [0.1, 0.15) is 8.07 Å². The molecule has 0 radical (unpaired) electrons. The monoisotopic (exact) mass is 876 g/mol. The number of hydrogen-bond acceptors (Lipinski definition) is 2. The number of aromatic nitrogens is 2. The summed E-state index contributed by atoms with van der Waals surface area (Å²) in [5.74, 6) is 0. The number of para-hydroxylation sites is 6. The van der Waals surface area contributed by atoms with Gasteiger partial charge in [-0.3, -0.25) is 0 Å². The van der Waals surface area contributed by atoms with Crippen LogP contribution in [0.15, 0.2) is 255 Å². The molecule has 0 aliphatic heterocycles. The molecule has 0 bridgehead atoms. The molecule has 12 aromatic rings. The molecule has 0 aliphatic rings. The van der Waals surface area contributed by atoms with E-state index in [1.807, 2.05) is 0 Å². The number of nitrogens with zero attached hydrogens (tertiary/aromatic N) is 4. The first-order valence-corrected chi connectivity index (χ1v) is 26.1. The fraction of sp³-hybridized carbons (Fsp3) is 0.0323. The fourth-order valence-corrected chi connectivity index (χ4v) is 12.5. The summed E-state index contributed by atoms with van der Waals surface area (Å²) in [5, 5.41) is 7.72. The summed E-state index contributed by atoms with van der Waals surface area (Å²) >= 11 is 0. The molecule has 12 rings (SSSR count). The zero-order valence-corrected chi connectivity index (χ0v) is 38.5. The van der Waals surface area contributed by atoms with Crippen LogP contribution in [0.5, 0.6) is 0 Å². The van der Waals surface area contributed by atoms with Crippen LogP contribution in [0, 0.1) is 0 Å². The molecule has 4 nitrogen and oxygen atoms in total. The highest BCUT2D eigenvalue weighted by molar-refractivity contribution is 7.00. The van der Waals surface area contributed by atoms with Gasteiger partial charge in [-0.25, -0.2) is 0 Å². The van der Waals surface area contributed by atoms with Crippen molar-refractivity contribution in [3.63, 3.8) is 0 Å². The van der Waals surface area contributed by atoms with Gasteiger partial charge in [0.05, 0.1) is 22.1 Å². The molecule has 0 fully saturated rings. The molecule has 0 atom stereocenters. The molecule has 2 heterocycles. The van der Waals surface area contributed by atoms with Gasteiger partial charge in [-0.2, -0.15) is 0 Å². The third-order valence-corrected chi connectivity index (χ3v) is 17.1. The quantitative estimate of drug-likeness (QED) is 0.127. The predicted molar refractivity (Wildman–Crippen MR) is 288 cm³/mol. The first kappa shape index (κ1) is 40.2. The highest BCUT2D eigenvalue weighted by Crippen LogP contribution is 2.41. The molecule has 5 heteroatoms. The van der Waals surface area contributed by atoms with Gasteiger partial charge in [0.15, 0.2) is 0 Å². The maximum atomic E-state index is 2.47. The molecule has 0 saturated carbocycles. The largest absolute Gasteiger partial charge is 0.310 e. The first-order valence-electron chi connectivity index (χ1n) is 23.1. The molecule has 0 amide bonds. The van der Waals surface area contributed by atoms with E-state index in [4.69, 9.17) is 0 Å². The number of fused-ring (bicyclic) bond motifs is 6. The predicted octanol–water partition coefficient (Wildman–Crippen LogP) is 15.6. The molecule has 0 saturated heterocycles. The summed E-state index contributed by atoms with van der Waals surface area (Å²) in [6, 6.07) is 92.8. The highest BCUT2D eigenvalue weighted by atomic mass is 28.3. The summed E-state index contributed by atoms with van der Waals surface area (Å²) in [5.41, 5.74) is 13.9. The lowest BCUT2D eigenvalue weighted by Gasteiger charge is -2.29. The number of hydrogen-bond donors (Lipinski definition) is 0. The molecule has 10 aromatic carbocycles. The van der Waals surface area contributed by atoms with Gasteiger partial charge < -0.3 is 18.9 Å². The summed E-state index contributed by atoms with van der Waals surface area (Å²) in [7, 11) is -2.12. The van der Waals surface area contributed by atoms with Crippen LogP contribution in [-0.2, 0) is 0 Å². The van der Waals surface area contributed by atoms with E-state index in [-0.39, 0.29) is 0 Å². The van der Waals surface area contributed by atoms with Crippen molar-refractivity contribution in [3.8, 4) is 11.4 Å². The van der Waals surface area contributed by atoms with E-state index < -0.39 is 8.07 Å². The van der Waals surface area contributed by atoms with Crippen molar-refractivity contribution in [2.45, 2.75) is 13.1 Å². The van der Waals surface area contributed by atoms with Crippen molar-refractivity contribution in [2.75, 3.05) is 9.80 Å². The van der Waals surface area contributed by atoms with Gasteiger partial charge in [0, 0.05) is 67.0 Å². The Morgan fingerprint density at radius 1 is 0.269 bits per heavy atom. The fourth-order valence-electron chi connectivity index (χ4n) is 10.2. The van der Waals surface area contributed by atoms with Crippen molar-refractivity contribution in [1.29, 1.82) is 0 Å². The Labute approximate surface area is 392 Å². The number of rotatable bonds is 10. The Hall–Kier alpha value is -8.38. The lowest BCUT2D eigenvalue weighted by Crippen LogP contribution is -2.52. The Kier molecular flexibility index (Phi) is 9.92. The maximum absolute atomic E-state index is 2.47. The van der Waals surface area contributed by atoms with E-state index in [0.717, 1.165) is 45.5 Å². The van der Waals surface area contributed by atoms with Crippen LogP contribution in [0.1, 0.15) is 0 Å². The maximum Gasteiger partial charge on any atom is 0.112 e. The summed E-state index contributed by atoms with van der Waals surface area (Å²) in [6.45, 7) is 4.93. The van der Waals surface area contributed by atoms with Crippen LogP contribution in [-0.4, -0.2) is 17.2 Å². The van der Waals surface area contributed by atoms with Crippen LogP contribution in [0.4, 0.5) is 34.1 Å². The van der Waals surface area contributed by atoms with Crippen LogP contribution >= 0.6 is 0 Å². The smallest absolute Gasteiger partial charge is 0.112 e. The van der Waals surface area contributed by atoms with Gasteiger partial charge in [-0.1, -0.05) is 157 Å². The van der Waals surface area contributed by atoms with E-state index >= 15 is 0 Å². The second-order valence-electron chi connectivity index (χ2n) is 17.8. The molecule has 320 valence electrons.